The maximum atomic E-state index is 12.0. The Morgan fingerprint density at radius 3 is 2.52 bits per heavy atom. The third-order valence-electron chi connectivity index (χ3n) is 2.80. The number of nitrogens with two attached hydrogens (primary N) is 1. The molecule has 0 radical (unpaired) electrons. The van der Waals surface area contributed by atoms with Gasteiger partial charge in [0, 0.05) is 17.4 Å². The molecule has 6 nitrogen and oxygen atoms in total. The maximum absolute atomic E-state index is 12.0. The fraction of sp³-hybridized carbons (Fsp3) is 0.133. The zero-order valence-electron chi connectivity index (χ0n) is 11.8. The molecule has 0 aromatic heterocycles. The molecule has 0 aliphatic rings. The Bertz CT molecular complexity index is 644. The number of nitrogens with one attached hydrogen (secondary N) is 2. The molecule has 2 aromatic rings. The predicted octanol–water partition coefficient (Wildman–Crippen LogP) is 2.93. The second kappa shape index (κ2) is 6.51. The number of methoxy groups -OCH3 is 2. The predicted molar refractivity (Wildman–Crippen MR) is 83.0 cm³/mol. The second-order valence-corrected chi connectivity index (χ2v) is 4.27. The van der Waals surface area contributed by atoms with Gasteiger partial charge < -0.3 is 25.8 Å². The van der Waals surface area contributed by atoms with Gasteiger partial charge in [-0.2, -0.15) is 0 Å². The normalized spacial score (nSPS) is 9.81. The van der Waals surface area contributed by atoms with Crippen molar-refractivity contribution < 1.29 is 14.3 Å². The number of anilines is 3. The number of urea groups is 1. The van der Waals surface area contributed by atoms with Gasteiger partial charge in [0.2, 0.25) is 0 Å². The van der Waals surface area contributed by atoms with Gasteiger partial charge in [-0.3, -0.25) is 0 Å². The van der Waals surface area contributed by atoms with E-state index >= 15 is 0 Å². The van der Waals surface area contributed by atoms with E-state index < -0.39 is 6.03 Å². The highest BCUT2D eigenvalue weighted by Crippen LogP contribution is 2.29. The number of hydrogen-bond donors (Lipinski definition) is 3. The number of benzene rings is 2. The van der Waals surface area contributed by atoms with Crippen LogP contribution in [-0.2, 0) is 0 Å². The van der Waals surface area contributed by atoms with Crippen molar-refractivity contribution in [2.45, 2.75) is 0 Å². The van der Waals surface area contributed by atoms with Gasteiger partial charge in [0.1, 0.15) is 11.5 Å². The minimum Gasteiger partial charge on any atom is -0.497 e. The highest BCUT2D eigenvalue weighted by Gasteiger charge is 2.09. The van der Waals surface area contributed by atoms with Gasteiger partial charge in [-0.05, 0) is 30.3 Å². The van der Waals surface area contributed by atoms with Crippen LogP contribution in [0.15, 0.2) is 42.5 Å². The number of rotatable bonds is 4. The molecule has 2 amide bonds. The molecule has 0 saturated carbocycles. The molecule has 4 N–H and O–H groups in total. The topological polar surface area (TPSA) is 85.6 Å². The molecule has 0 bridgehead atoms. The lowest BCUT2D eigenvalue weighted by molar-refractivity contribution is 0.262. The van der Waals surface area contributed by atoms with Crippen LogP contribution in [0.2, 0.25) is 0 Å². The lowest BCUT2D eigenvalue weighted by Crippen LogP contribution is -2.19. The minimum atomic E-state index is -0.396. The molecule has 0 spiro atoms. The average molecular weight is 287 g/mol. The monoisotopic (exact) mass is 287 g/mol. The van der Waals surface area contributed by atoms with Crippen LogP contribution in [0.4, 0.5) is 21.9 Å². The first-order valence-electron chi connectivity index (χ1n) is 6.28. The Morgan fingerprint density at radius 1 is 1.05 bits per heavy atom. The number of hydrogen-bond acceptors (Lipinski definition) is 4. The van der Waals surface area contributed by atoms with Crippen molar-refractivity contribution in [3.8, 4) is 11.5 Å². The van der Waals surface area contributed by atoms with Gasteiger partial charge in [-0.1, -0.05) is 6.07 Å². The first-order chi connectivity index (χ1) is 10.1. The van der Waals surface area contributed by atoms with E-state index in [0.717, 1.165) is 0 Å². The van der Waals surface area contributed by atoms with Crippen molar-refractivity contribution in [3.05, 3.63) is 42.5 Å². The summed E-state index contributed by atoms with van der Waals surface area (Å²) in [6.45, 7) is 0. The molecule has 0 unspecified atom stereocenters. The summed E-state index contributed by atoms with van der Waals surface area (Å²) in [4.78, 5) is 12.0. The summed E-state index contributed by atoms with van der Waals surface area (Å²) in [7, 11) is 3.08. The zero-order valence-corrected chi connectivity index (χ0v) is 11.8. The summed E-state index contributed by atoms with van der Waals surface area (Å²) in [5, 5.41) is 5.40. The van der Waals surface area contributed by atoms with Crippen LogP contribution < -0.4 is 25.8 Å². The summed E-state index contributed by atoms with van der Waals surface area (Å²) in [5.74, 6) is 1.16. The van der Waals surface area contributed by atoms with E-state index in [0.29, 0.717) is 28.6 Å². The summed E-state index contributed by atoms with van der Waals surface area (Å²) < 4.78 is 10.3. The molecule has 6 heteroatoms. The van der Waals surface area contributed by atoms with Crippen LogP contribution in [0.1, 0.15) is 0 Å². The highest BCUT2D eigenvalue weighted by atomic mass is 16.5. The molecular formula is C15H17N3O3. The Labute approximate surface area is 122 Å². The molecule has 0 atom stereocenters. The van der Waals surface area contributed by atoms with Gasteiger partial charge in [0.15, 0.2) is 0 Å². The van der Waals surface area contributed by atoms with Crippen molar-refractivity contribution in [2.24, 2.45) is 0 Å². The molecule has 0 aliphatic carbocycles. The van der Waals surface area contributed by atoms with Crippen LogP contribution in [0.25, 0.3) is 0 Å². The van der Waals surface area contributed by atoms with E-state index in [1.807, 2.05) is 0 Å². The number of carbonyl (C=O) groups excluding carboxylic acids is 1. The zero-order chi connectivity index (χ0) is 15.2. The molecule has 21 heavy (non-hydrogen) atoms. The first kappa shape index (κ1) is 14.5. The fourth-order valence-corrected chi connectivity index (χ4v) is 1.81. The summed E-state index contributed by atoms with van der Waals surface area (Å²) in [6.07, 6.45) is 0. The molecule has 0 aliphatic heterocycles. The van der Waals surface area contributed by atoms with Gasteiger partial charge >= 0.3 is 6.03 Å². The van der Waals surface area contributed by atoms with E-state index in [1.165, 1.54) is 7.11 Å². The quantitative estimate of drug-likeness (QED) is 0.755. The SMILES string of the molecule is COc1ccc(OC)c(NC(=O)Nc2cccc(N)c2)c1. The van der Waals surface area contributed by atoms with Crippen LogP contribution in [-0.4, -0.2) is 20.3 Å². The third kappa shape index (κ3) is 3.79. The lowest BCUT2D eigenvalue weighted by Gasteiger charge is -2.12. The van der Waals surface area contributed by atoms with Crippen molar-refractivity contribution >= 4 is 23.1 Å². The van der Waals surface area contributed by atoms with Gasteiger partial charge in [0.25, 0.3) is 0 Å². The fourth-order valence-electron chi connectivity index (χ4n) is 1.81. The molecule has 2 aromatic carbocycles. The third-order valence-corrected chi connectivity index (χ3v) is 2.80. The lowest BCUT2D eigenvalue weighted by atomic mass is 10.2. The van der Waals surface area contributed by atoms with E-state index in [-0.39, 0.29) is 0 Å². The molecule has 0 saturated heterocycles. The smallest absolute Gasteiger partial charge is 0.323 e. The van der Waals surface area contributed by atoms with E-state index in [9.17, 15) is 4.79 Å². The van der Waals surface area contributed by atoms with Crippen molar-refractivity contribution in [3.63, 3.8) is 0 Å². The van der Waals surface area contributed by atoms with E-state index in [2.05, 4.69) is 10.6 Å². The van der Waals surface area contributed by atoms with Crippen molar-refractivity contribution in [2.75, 3.05) is 30.6 Å². The molecule has 0 fully saturated rings. The highest BCUT2D eigenvalue weighted by molar-refractivity contribution is 6.01. The Kier molecular flexibility index (Phi) is 4.50. The number of carbonyl (C=O) groups is 1. The van der Waals surface area contributed by atoms with Gasteiger partial charge in [0.05, 0.1) is 19.9 Å². The van der Waals surface area contributed by atoms with Crippen LogP contribution in [0.5, 0.6) is 11.5 Å². The van der Waals surface area contributed by atoms with Gasteiger partial charge in [-0.25, -0.2) is 4.79 Å². The molecular weight excluding hydrogens is 270 g/mol. The van der Waals surface area contributed by atoms with Crippen molar-refractivity contribution in [1.82, 2.24) is 0 Å². The number of ether oxygens (including phenoxy) is 2. The molecule has 110 valence electrons. The number of amides is 2. The largest absolute Gasteiger partial charge is 0.497 e. The van der Waals surface area contributed by atoms with Crippen LogP contribution in [0.3, 0.4) is 0 Å². The first-order valence-corrected chi connectivity index (χ1v) is 6.28. The van der Waals surface area contributed by atoms with E-state index in [4.69, 9.17) is 15.2 Å². The summed E-state index contributed by atoms with van der Waals surface area (Å²) >= 11 is 0. The van der Waals surface area contributed by atoms with E-state index in [1.54, 1.807) is 49.6 Å². The molecule has 0 heterocycles. The molecule has 2 rings (SSSR count). The Morgan fingerprint density at radius 2 is 1.86 bits per heavy atom. The van der Waals surface area contributed by atoms with Crippen LogP contribution >= 0.6 is 0 Å². The number of nitrogen functional groups attached to an aromatic ring is 1. The summed E-state index contributed by atoms with van der Waals surface area (Å²) in [5.41, 5.74) is 7.36. The van der Waals surface area contributed by atoms with Crippen molar-refractivity contribution in [1.29, 1.82) is 0 Å². The Balaban J connectivity index is 2.12. The maximum Gasteiger partial charge on any atom is 0.323 e. The minimum absolute atomic E-state index is 0.396. The van der Waals surface area contributed by atoms with Crippen LogP contribution in [0, 0.1) is 0 Å². The second-order valence-electron chi connectivity index (χ2n) is 4.27. The standard InChI is InChI=1S/C15H17N3O3/c1-20-12-6-7-14(21-2)13(9-12)18-15(19)17-11-5-3-4-10(16)8-11/h3-9H,16H2,1-2H3,(H2,17,18,19). The Hall–Kier alpha value is -2.89. The van der Waals surface area contributed by atoms with Gasteiger partial charge in [-0.15, -0.1) is 0 Å². The average Bonchev–Trinajstić information content (AvgIpc) is 2.47. The summed E-state index contributed by atoms with van der Waals surface area (Å²) in [6, 6.07) is 11.7.